The Labute approximate surface area is 158 Å². The number of amides is 1. The lowest BCUT2D eigenvalue weighted by molar-refractivity contribution is 0.0976. The van der Waals surface area contributed by atoms with Gasteiger partial charge in [0.05, 0.1) is 16.8 Å². The molecule has 0 bridgehead atoms. The second-order valence-corrected chi connectivity index (χ2v) is 7.15. The monoisotopic (exact) mass is 383 g/mol. The van der Waals surface area contributed by atoms with Crippen LogP contribution in [0.5, 0.6) is 0 Å². The van der Waals surface area contributed by atoms with Crippen LogP contribution >= 0.6 is 22.9 Å². The Hall–Kier alpha value is -2.77. The van der Waals surface area contributed by atoms with E-state index in [0.29, 0.717) is 22.4 Å². The van der Waals surface area contributed by atoms with Gasteiger partial charge >= 0.3 is 0 Å². The molecule has 0 atom stereocenters. The number of halogens is 1. The number of fused-ring (bicyclic) bond motifs is 1. The summed E-state index contributed by atoms with van der Waals surface area (Å²) in [5.41, 5.74) is 2.22. The Balaban J connectivity index is 1.78. The van der Waals surface area contributed by atoms with Crippen LogP contribution in [0.15, 0.2) is 55.0 Å². The molecule has 0 saturated carbocycles. The molecule has 0 unspecified atom stereocenters. The van der Waals surface area contributed by atoms with Crippen molar-refractivity contribution in [3.8, 4) is 0 Å². The van der Waals surface area contributed by atoms with E-state index in [4.69, 9.17) is 11.6 Å². The summed E-state index contributed by atoms with van der Waals surface area (Å²) in [4.78, 5) is 23.6. The van der Waals surface area contributed by atoms with Gasteiger partial charge in [0, 0.05) is 30.7 Å². The third-order valence-electron chi connectivity index (χ3n) is 3.92. The Kier molecular flexibility index (Phi) is 4.40. The number of aromatic nitrogens is 4. The van der Waals surface area contributed by atoms with Crippen molar-refractivity contribution in [2.75, 3.05) is 4.90 Å². The van der Waals surface area contributed by atoms with Crippen molar-refractivity contribution >= 4 is 44.2 Å². The smallest absolute Gasteiger partial charge is 0.278 e. The molecule has 4 aromatic rings. The minimum Gasteiger partial charge on any atom is -0.278 e. The van der Waals surface area contributed by atoms with Crippen LogP contribution in [0.3, 0.4) is 0 Å². The first-order valence-electron chi connectivity index (χ1n) is 7.87. The summed E-state index contributed by atoms with van der Waals surface area (Å²) in [6, 6.07) is 11.0. The molecule has 8 heteroatoms. The van der Waals surface area contributed by atoms with Crippen LogP contribution in [-0.4, -0.2) is 25.7 Å². The van der Waals surface area contributed by atoms with Crippen molar-refractivity contribution in [3.05, 3.63) is 71.3 Å². The largest absolute Gasteiger partial charge is 0.278 e. The molecule has 3 heterocycles. The average molecular weight is 384 g/mol. The van der Waals surface area contributed by atoms with Crippen molar-refractivity contribution in [2.45, 2.75) is 6.54 Å². The van der Waals surface area contributed by atoms with Gasteiger partial charge in [0.15, 0.2) is 5.13 Å². The standard InChI is InChI=1S/C18H14ClN5OS/c1-23-15(6-8-21-23)17(25)24(11-12-3-2-7-20-10-12)18-22-14-5-4-13(19)9-16(14)26-18/h2-10H,11H2,1H3. The van der Waals surface area contributed by atoms with Gasteiger partial charge in [0.1, 0.15) is 5.69 Å². The number of benzene rings is 1. The van der Waals surface area contributed by atoms with Gasteiger partial charge in [-0.3, -0.25) is 19.4 Å². The van der Waals surface area contributed by atoms with Crippen LogP contribution in [0.4, 0.5) is 5.13 Å². The summed E-state index contributed by atoms with van der Waals surface area (Å²) in [6.45, 7) is 0.366. The third-order valence-corrected chi connectivity index (χ3v) is 5.20. The topological polar surface area (TPSA) is 63.9 Å². The van der Waals surface area contributed by atoms with Crippen LogP contribution in [-0.2, 0) is 13.6 Å². The molecule has 0 spiro atoms. The summed E-state index contributed by atoms with van der Waals surface area (Å²) in [5.74, 6) is -0.168. The highest BCUT2D eigenvalue weighted by molar-refractivity contribution is 7.22. The van der Waals surface area contributed by atoms with E-state index in [1.54, 1.807) is 47.4 Å². The molecule has 1 amide bonds. The molecule has 0 saturated heterocycles. The second-order valence-electron chi connectivity index (χ2n) is 5.70. The minimum absolute atomic E-state index is 0.168. The number of nitrogens with zero attached hydrogens (tertiary/aromatic N) is 5. The summed E-state index contributed by atoms with van der Waals surface area (Å²) in [6.07, 6.45) is 5.05. The van der Waals surface area contributed by atoms with E-state index < -0.39 is 0 Å². The number of carbonyl (C=O) groups is 1. The summed E-state index contributed by atoms with van der Waals surface area (Å²) < 4.78 is 2.49. The SMILES string of the molecule is Cn1nccc1C(=O)N(Cc1cccnc1)c1nc2ccc(Cl)cc2s1. The van der Waals surface area contributed by atoms with Crippen molar-refractivity contribution < 1.29 is 4.79 Å². The summed E-state index contributed by atoms with van der Waals surface area (Å²) in [7, 11) is 1.74. The summed E-state index contributed by atoms with van der Waals surface area (Å²) >= 11 is 7.51. The van der Waals surface area contributed by atoms with E-state index in [0.717, 1.165) is 15.8 Å². The van der Waals surface area contributed by atoms with Gasteiger partial charge in [-0.05, 0) is 35.9 Å². The Morgan fingerprint density at radius 3 is 2.88 bits per heavy atom. The van der Waals surface area contributed by atoms with Crippen molar-refractivity contribution in [1.29, 1.82) is 0 Å². The van der Waals surface area contributed by atoms with Gasteiger partial charge in [-0.1, -0.05) is 29.0 Å². The lowest BCUT2D eigenvalue weighted by Crippen LogP contribution is -2.31. The lowest BCUT2D eigenvalue weighted by Gasteiger charge is -2.19. The number of anilines is 1. The van der Waals surface area contributed by atoms with Crippen LogP contribution in [0.25, 0.3) is 10.2 Å². The van der Waals surface area contributed by atoms with Crippen molar-refractivity contribution in [1.82, 2.24) is 19.7 Å². The molecule has 0 fully saturated rings. The quantitative estimate of drug-likeness (QED) is 0.535. The number of rotatable bonds is 4. The van der Waals surface area contributed by atoms with E-state index in [1.807, 2.05) is 24.3 Å². The van der Waals surface area contributed by atoms with Crippen molar-refractivity contribution in [3.63, 3.8) is 0 Å². The maximum absolute atomic E-state index is 13.2. The third kappa shape index (κ3) is 3.18. The number of pyridine rings is 1. The van der Waals surface area contributed by atoms with Crippen LogP contribution in [0, 0.1) is 0 Å². The first-order chi connectivity index (χ1) is 12.6. The maximum Gasteiger partial charge on any atom is 0.278 e. The highest BCUT2D eigenvalue weighted by Crippen LogP contribution is 2.32. The van der Waals surface area contributed by atoms with Crippen molar-refractivity contribution in [2.24, 2.45) is 7.05 Å². The fraction of sp³-hybridized carbons (Fsp3) is 0.111. The zero-order valence-corrected chi connectivity index (χ0v) is 15.4. The molecule has 26 heavy (non-hydrogen) atoms. The molecule has 0 aliphatic carbocycles. The maximum atomic E-state index is 13.2. The molecule has 0 aliphatic rings. The lowest BCUT2D eigenvalue weighted by atomic mass is 10.2. The minimum atomic E-state index is -0.168. The van der Waals surface area contributed by atoms with Gasteiger partial charge in [-0.25, -0.2) is 4.98 Å². The summed E-state index contributed by atoms with van der Waals surface area (Å²) in [5, 5.41) is 5.35. The zero-order valence-electron chi connectivity index (χ0n) is 13.8. The predicted molar refractivity (Wildman–Crippen MR) is 103 cm³/mol. The highest BCUT2D eigenvalue weighted by Gasteiger charge is 2.24. The number of hydrogen-bond acceptors (Lipinski definition) is 5. The molecule has 3 aromatic heterocycles. The molecule has 0 N–H and O–H groups in total. The van der Waals surface area contributed by atoms with E-state index >= 15 is 0 Å². The first-order valence-corrected chi connectivity index (χ1v) is 9.06. The zero-order chi connectivity index (χ0) is 18.1. The highest BCUT2D eigenvalue weighted by atomic mass is 35.5. The molecule has 130 valence electrons. The van der Waals surface area contributed by atoms with Crippen LogP contribution in [0.2, 0.25) is 5.02 Å². The molecule has 6 nitrogen and oxygen atoms in total. The van der Waals surface area contributed by atoms with E-state index in [2.05, 4.69) is 15.1 Å². The van der Waals surface area contributed by atoms with Gasteiger partial charge < -0.3 is 0 Å². The molecule has 1 aromatic carbocycles. The number of aryl methyl sites for hydroxylation is 1. The van der Waals surface area contributed by atoms with E-state index in [9.17, 15) is 4.79 Å². The van der Waals surface area contributed by atoms with Gasteiger partial charge in [0.2, 0.25) is 0 Å². The fourth-order valence-corrected chi connectivity index (χ4v) is 3.86. The van der Waals surface area contributed by atoms with E-state index in [1.165, 1.54) is 11.3 Å². The van der Waals surface area contributed by atoms with Gasteiger partial charge in [-0.2, -0.15) is 5.10 Å². The number of thiazole rings is 1. The Morgan fingerprint density at radius 2 is 2.15 bits per heavy atom. The van der Waals surface area contributed by atoms with E-state index in [-0.39, 0.29) is 5.91 Å². The molecule has 0 radical (unpaired) electrons. The Morgan fingerprint density at radius 1 is 1.27 bits per heavy atom. The molecular weight excluding hydrogens is 370 g/mol. The van der Waals surface area contributed by atoms with Gasteiger partial charge in [0.25, 0.3) is 5.91 Å². The second kappa shape index (κ2) is 6.86. The number of hydrogen-bond donors (Lipinski definition) is 0. The number of carbonyl (C=O) groups excluding carboxylic acids is 1. The van der Waals surface area contributed by atoms with Crippen LogP contribution in [0.1, 0.15) is 16.1 Å². The average Bonchev–Trinajstić information content (AvgIpc) is 3.25. The normalized spacial score (nSPS) is 11.0. The fourth-order valence-electron chi connectivity index (χ4n) is 2.62. The molecule has 4 rings (SSSR count). The Bertz CT molecular complexity index is 1080. The molecule has 0 aliphatic heterocycles. The van der Waals surface area contributed by atoms with Crippen LogP contribution < -0.4 is 4.90 Å². The van der Waals surface area contributed by atoms with Gasteiger partial charge in [-0.15, -0.1) is 0 Å². The first kappa shape index (κ1) is 16.7. The predicted octanol–water partition coefficient (Wildman–Crippen LogP) is 3.93. The molecular formula is C18H14ClN5OS.